The Morgan fingerprint density at radius 1 is 1.38 bits per heavy atom. The Labute approximate surface area is 123 Å². The monoisotopic (exact) mass is 297 g/mol. The SMILES string of the molecule is CCCN(CC(=O)O)C(=O)CCc1cccc(OC)c1F. The zero-order valence-electron chi connectivity index (χ0n) is 12.3. The van der Waals surface area contributed by atoms with Gasteiger partial charge in [-0.3, -0.25) is 9.59 Å². The topological polar surface area (TPSA) is 66.8 Å². The Hall–Kier alpha value is -2.11. The molecule has 0 saturated carbocycles. The van der Waals surface area contributed by atoms with E-state index >= 15 is 0 Å². The van der Waals surface area contributed by atoms with Crippen molar-refractivity contribution < 1.29 is 23.8 Å². The summed E-state index contributed by atoms with van der Waals surface area (Å²) in [4.78, 5) is 24.0. The van der Waals surface area contributed by atoms with Crippen LogP contribution in [0.2, 0.25) is 0 Å². The molecule has 21 heavy (non-hydrogen) atoms. The number of carbonyl (C=O) groups excluding carboxylic acids is 1. The molecule has 116 valence electrons. The van der Waals surface area contributed by atoms with Crippen LogP contribution in [-0.2, 0) is 16.0 Å². The Balaban J connectivity index is 2.68. The molecule has 1 aromatic rings. The number of hydrogen-bond acceptors (Lipinski definition) is 3. The molecule has 6 heteroatoms. The molecular formula is C15H20FNO4. The molecule has 0 aliphatic carbocycles. The molecule has 0 radical (unpaired) electrons. The molecule has 0 bridgehead atoms. The molecule has 0 fully saturated rings. The van der Waals surface area contributed by atoms with Crippen LogP contribution in [0.1, 0.15) is 25.3 Å². The van der Waals surface area contributed by atoms with Crippen LogP contribution in [0.15, 0.2) is 18.2 Å². The first-order valence-corrected chi connectivity index (χ1v) is 6.80. The molecule has 1 N–H and O–H groups in total. The first-order chi connectivity index (χ1) is 9.99. The van der Waals surface area contributed by atoms with Gasteiger partial charge < -0.3 is 14.7 Å². The molecule has 0 spiro atoms. The third-order valence-corrected chi connectivity index (χ3v) is 3.04. The van der Waals surface area contributed by atoms with Gasteiger partial charge in [0.25, 0.3) is 0 Å². The summed E-state index contributed by atoms with van der Waals surface area (Å²) in [6.07, 6.45) is 0.950. The molecule has 0 atom stereocenters. The lowest BCUT2D eigenvalue weighted by Gasteiger charge is -2.20. The fourth-order valence-electron chi connectivity index (χ4n) is 2.03. The number of amides is 1. The lowest BCUT2D eigenvalue weighted by Crippen LogP contribution is -2.36. The Morgan fingerprint density at radius 2 is 2.10 bits per heavy atom. The molecule has 0 unspecified atom stereocenters. The van der Waals surface area contributed by atoms with Gasteiger partial charge in [-0.25, -0.2) is 4.39 Å². The van der Waals surface area contributed by atoms with Crippen LogP contribution in [0.5, 0.6) is 5.75 Å². The fraction of sp³-hybridized carbons (Fsp3) is 0.467. The van der Waals surface area contributed by atoms with Gasteiger partial charge in [-0.15, -0.1) is 0 Å². The molecule has 1 rings (SSSR count). The molecule has 1 aromatic carbocycles. The van der Waals surface area contributed by atoms with Crippen LogP contribution >= 0.6 is 0 Å². The maximum atomic E-state index is 13.9. The van der Waals surface area contributed by atoms with Gasteiger partial charge in [0.05, 0.1) is 7.11 Å². The van der Waals surface area contributed by atoms with E-state index in [1.54, 1.807) is 12.1 Å². The molecule has 0 aliphatic rings. The van der Waals surface area contributed by atoms with Crippen molar-refractivity contribution in [1.82, 2.24) is 4.90 Å². The van der Waals surface area contributed by atoms with Gasteiger partial charge in [0.1, 0.15) is 6.54 Å². The highest BCUT2D eigenvalue weighted by Gasteiger charge is 2.17. The number of ether oxygens (including phenoxy) is 1. The third kappa shape index (κ3) is 5.06. The molecule has 0 heterocycles. The van der Waals surface area contributed by atoms with Crippen molar-refractivity contribution in [2.24, 2.45) is 0 Å². The van der Waals surface area contributed by atoms with Crippen LogP contribution in [0.25, 0.3) is 0 Å². The average molecular weight is 297 g/mol. The first-order valence-electron chi connectivity index (χ1n) is 6.80. The maximum Gasteiger partial charge on any atom is 0.323 e. The van der Waals surface area contributed by atoms with Gasteiger partial charge in [0.2, 0.25) is 5.91 Å². The van der Waals surface area contributed by atoms with Gasteiger partial charge in [-0.2, -0.15) is 0 Å². The highest BCUT2D eigenvalue weighted by Crippen LogP contribution is 2.21. The molecular weight excluding hydrogens is 277 g/mol. The van der Waals surface area contributed by atoms with E-state index in [4.69, 9.17) is 9.84 Å². The zero-order valence-corrected chi connectivity index (χ0v) is 12.3. The Kier molecular flexibility index (Phi) is 6.65. The number of aliphatic carboxylic acids is 1. The second-order valence-electron chi connectivity index (χ2n) is 4.64. The van der Waals surface area contributed by atoms with Crippen molar-refractivity contribution in [1.29, 1.82) is 0 Å². The lowest BCUT2D eigenvalue weighted by molar-refractivity contribution is -0.144. The van der Waals surface area contributed by atoms with E-state index in [9.17, 15) is 14.0 Å². The highest BCUT2D eigenvalue weighted by molar-refractivity contribution is 5.81. The van der Waals surface area contributed by atoms with E-state index in [1.165, 1.54) is 18.1 Å². The van der Waals surface area contributed by atoms with Crippen molar-refractivity contribution in [3.05, 3.63) is 29.6 Å². The summed E-state index contributed by atoms with van der Waals surface area (Å²) in [6.45, 7) is 1.92. The van der Waals surface area contributed by atoms with Gasteiger partial charge in [0.15, 0.2) is 11.6 Å². The lowest BCUT2D eigenvalue weighted by atomic mass is 10.1. The Morgan fingerprint density at radius 3 is 2.67 bits per heavy atom. The van der Waals surface area contributed by atoms with Crippen molar-refractivity contribution in [3.8, 4) is 5.75 Å². The summed E-state index contributed by atoms with van der Waals surface area (Å²) in [5, 5.41) is 8.79. The number of carboxylic acid groups (broad SMARTS) is 1. The number of aryl methyl sites for hydroxylation is 1. The smallest absolute Gasteiger partial charge is 0.323 e. The van der Waals surface area contributed by atoms with Gasteiger partial charge >= 0.3 is 5.97 Å². The van der Waals surface area contributed by atoms with Crippen LogP contribution in [0, 0.1) is 5.82 Å². The summed E-state index contributed by atoms with van der Waals surface area (Å²) in [6, 6.07) is 4.75. The predicted octanol–water partition coefficient (Wildman–Crippen LogP) is 2.09. The second-order valence-corrected chi connectivity index (χ2v) is 4.64. The number of methoxy groups -OCH3 is 1. The highest BCUT2D eigenvalue weighted by atomic mass is 19.1. The van der Waals surface area contributed by atoms with Crippen LogP contribution in [0.4, 0.5) is 4.39 Å². The molecule has 0 aliphatic heterocycles. The summed E-state index contributed by atoms with van der Waals surface area (Å²) in [5.74, 6) is -1.69. The van der Waals surface area contributed by atoms with Gasteiger partial charge in [-0.1, -0.05) is 19.1 Å². The largest absolute Gasteiger partial charge is 0.494 e. The summed E-state index contributed by atoms with van der Waals surface area (Å²) >= 11 is 0. The number of halogens is 1. The summed E-state index contributed by atoms with van der Waals surface area (Å²) < 4.78 is 18.8. The van der Waals surface area contributed by atoms with Crippen molar-refractivity contribution in [2.75, 3.05) is 20.2 Å². The number of benzene rings is 1. The third-order valence-electron chi connectivity index (χ3n) is 3.04. The van der Waals surface area contributed by atoms with Crippen molar-refractivity contribution in [3.63, 3.8) is 0 Å². The molecule has 0 saturated heterocycles. The first kappa shape index (κ1) is 16.9. The second kappa shape index (κ2) is 8.24. The van der Waals surface area contributed by atoms with E-state index in [0.29, 0.717) is 18.5 Å². The normalized spacial score (nSPS) is 10.2. The standard InChI is InChI=1S/C15H20FNO4/c1-3-9-17(10-14(19)20)13(18)8-7-11-5-4-6-12(21-2)15(11)16/h4-6H,3,7-10H2,1-2H3,(H,19,20). The quantitative estimate of drug-likeness (QED) is 0.798. The number of nitrogens with zero attached hydrogens (tertiary/aromatic N) is 1. The van der Waals surface area contributed by atoms with E-state index < -0.39 is 11.8 Å². The number of hydrogen-bond donors (Lipinski definition) is 1. The van der Waals surface area contributed by atoms with E-state index in [0.717, 1.165) is 0 Å². The average Bonchev–Trinajstić information content (AvgIpc) is 2.45. The molecule has 1 amide bonds. The predicted molar refractivity (Wildman–Crippen MR) is 75.8 cm³/mol. The van der Waals surface area contributed by atoms with E-state index in [1.807, 2.05) is 6.92 Å². The molecule has 5 nitrogen and oxygen atoms in total. The zero-order chi connectivity index (χ0) is 15.8. The minimum atomic E-state index is -1.05. The number of carboxylic acids is 1. The van der Waals surface area contributed by atoms with Crippen LogP contribution < -0.4 is 4.74 Å². The summed E-state index contributed by atoms with van der Waals surface area (Å²) in [7, 11) is 1.38. The minimum Gasteiger partial charge on any atom is -0.494 e. The van der Waals surface area contributed by atoms with Gasteiger partial charge in [0, 0.05) is 13.0 Å². The van der Waals surface area contributed by atoms with Gasteiger partial charge in [-0.05, 0) is 24.5 Å². The maximum absolute atomic E-state index is 13.9. The number of carbonyl (C=O) groups is 2. The van der Waals surface area contributed by atoms with Crippen LogP contribution in [-0.4, -0.2) is 42.1 Å². The minimum absolute atomic E-state index is 0.0668. The van der Waals surface area contributed by atoms with E-state index in [2.05, 4.69) is 0 Å². The van der Waals surface area contributed by atoms with Crippen molar-refractivity contribution >= 4 is 11.9 Å². The summed E-state index contributed by atoms with van der Waals surface area (Å²) in [5.41, 5.74) is 0.384. The van der Waals surface area contributed by atoms with Crippen molar-refractivity contribution in [2.45, 2.75) is 26.2 Å². The van der Waals surface area contributed by atoms with Crippen LogP contribution in [0.3, 0.4) is 0 Å². The number of rotatable bonds is 8. The van der Waals surface area contributed by atoms with E-state index in [-0.39, 0.29) is 31.0 Å². The molecule has 0 aromatic heterocycles. The fourth-order valence-corrected chi connectivity index (χ4v) is 2.03. The Bertz CT molecular complexity index is 504.